The molecule has 0 fully saturated rings. The van der Waals surface area contributed by atoms with E-state index in [1.165, 1.54) is 0 Å². The summed E-state index contributed by atoms with van der Waals surface area (Å²) < 4.78 is 37.6. The van der Waals surface area contributed by atoms with Crippen LogP contribution in [0.5, 0.6) is 0 Å². The van der Waals surface area contributed by atoms with Crippen molar-refractivity contribution in [1.29, 1.82) is 0 Å². The lowest BCUT2D eigenvalue weighted by molar-refractivity contribution is -0.385. The quantitative estimate of drug-likeness (QED) is 0.645. The molecular weight excluding hydrogens is 243 g/mol. The second-order valence-corrected chi connectivity index (χ2v) is 3.23. The molecule has 17 heavy (non-hydrogen) atoms. The van der Waals surface area contributed by atoms with Gasteiger partial charge in [0.05, 0.1) is 16.1 Å². The third-order valence-electron chi connectivity index (χ3n) is 2.13. The van der Waals surface area contributed by atoms with Gasteiger partial charge in [-0.1, -0.05) is 0 Å². The summed E-state index contributed by atoms with van der Waals surface area (Å²) in [4.78, 5) is 20.1. The van der Waals surface area contributed by atoms with Crippen LogP contribution >= 0.6 is 0 Å². The van der Waals surface area contributed by atoms with Crippen molar-refractivity contribution < 1.29 is 28.0 Å². The van der Waals surface area contributed by atoms with E-state index >= 15 is 0 Å². The molecule has 1 aromatic carbocycles. The highest BCUT2D eigenvalue weighted by molar-refractivity contribution is 5.89. The zero-order valence-electron chi connectivity index (χ0n) is 8.41. The van der Waals surface area contributed by atoms with Crippen molar-refractivity contribution in [2.75, 3.05) is 0 Å². The van der Waals surface area contributed by atoms with Crippen molar-refractivity contribution in [1.82, 2.24) is 0 Å². The lowest BCUT2D eigenvalue weighted by Crippen LogP contribution is -2.11. The van der Waals surface area contributed by atoms with E-state index in [0.717, 1.165) is 6.92 Å². The fourth-order valence-electron chi connectivity index (χ4n) is 1.31. The van der Waals surface area contributed by atoms with Gasteiger partial charge in [0, 0.05) is 11.6 Å². The van der Waals surface area contributed by atoms with Crippen molar-refractivity contribution >= 4 is 11.7 Å². The molecule has 8 heteroatoms. The van der Waals surface area contributed by atoms with E-state index in [4.69, 9.17) is 5.11 Å². The molecule has 0 atom stereocenters. The standard InChI is InChI=1S/C9H6F3NO4/c1-4-6(9(10,11)12)2-5(8(14)15)3-7(4)13(16)17/h2-3H,1H3,(H,14,15). The second-order valence-electron chi connectivity index (χ2n) is 3.23. The molecule has 92 valence electrons. The number of rotatable bonds is 2. The van der Waals surface area contributed by atoms with E-state index in [1.54, 1.807) is 0 Å². The summed E-state index contributed by atoms with van der Waals surface area (Å²) in [7, 11) is 0. The van der Waals surface area contributed by atoms with Gasteiger partial charge in [-0.2, -0.15) is 13.2 Å². The Kier molecular flexibility index (Phi) is 3.08. The minimum Gasteiger partial charge on any atom is -0.478 e. The zero-order chi connectivity index (χ0) is 13.4. The van der Waals surface area contributed by atoms with E-state index in [1.807, 2.05) is 0 Å². The molecule has 0 saturated carbocycles. The number of carboxylic acids is 1. The van der Waals surface area contributed by atoms with Crippen molar-refractivity contribution in [2.45, 2.75) is 13.1 Å². The minimum absolute atomic E-state index is 0.380. The van der Waals surface area contributed by atoms with Gasteiger partial charge in [-0.3, -0.25) is 10.1 Å². The first kappa shape index (κ1) is 12.9. The number of carbonyl (C=O) groups is 1. The molecule has 1 aromatic rings. The van der Waals surface area contributed by atoms with Crippen molar-refractivity contribution in [3.8, 4) is 0 Å². The van der Waals surface area contributed by atoms with E-state index in [9.17, 15) is 28.1 Å². The van der Waals surface area contributed by atoms with Crippen LogP contribution in [0.15, 0.2) is 12.1 Å². The van der Waals surface area contributed by atoms with Gasteiger partial charge in [0.1, 0.15) is 0 Å². The van der Waals surface area contributed by atoms with Gasteiger partial charge in [0.25, 0.3) is 5.69 Å². The minimum atomic E-state index is -4.83. The van der Waals surface area contributed by atoms with Crippen LogP contribution in [0.25, 0.3) is 0 Å². The van der Waals surface area contributed by atoms with Crippen LogP contribution in [-0.2, 0) is 6.18 Å². The summed E-state index contributed by atoms with van der Waals surface area (Å²) in [5.74, 6) is -1.65. The Labute approximate surface area is 92.6 Å². The predicted octanol–water partition coefficient (Wildman–Crippen LogP) is 2.62. The Hall–Kier alpha value is -2.12. The molecule has 1 rings (SSSR count). The molecule has 0 bridgehead atoms. The second kappa shape index (κ2) is 4.04. The molecule has 0 spiro atoms. The van der Waals surface area contributed by atoms with Crippen molar-refractivity contribution in [3.63, 3.8) is 0 Å². The number of nitrogens with zero attached hydrogens (tertiary/aromatic N) is 1. The Morgan fingerprint density at radius 1 is 1.41 bits per heavy atom. The summed E-state index contributed by atoms with van der Waals surface area (Å²) in [5.41, 5.74) is -3.55. The summed E-state index contributed by atoms with van der Waals surface area (Å²) in [6, 6.07) is 0.984. The monoisotopic (exact) mass is 249 g/mol. The molecule has 5 nitrogen and oxygen atoms in total. The molecule has 0 aliphatic carbocycles. The van der Waals surface area contributed by atoms with Gasteiger partial charge < -0.3 is 5.11 Å². The molecule has 0 aliphatic rings. The maximum atomic E-state index is 12.5. The number of nitro groups is 1. The number of hydrogen-bond acceptors (Lipinski definition) is 3. The van der Waals surface area contributed by atoms with Crippen LogP contribution in [0.1, 0.15) is 21.5 Å². The summed E-state index contributed by atoms with van der Waals surface area (Å²) in [6.45, 7) is 0.923. The van der Waals surface area contributed by atoms with Gasteiger partial charge in [0.15, 0.2) is 0 Å². The summed E-state index contributed by atoms with van der Waals surface area (Å²) in [5, 5.41) is 19.1. The number of benzene rings is 1. The van der Waals surface area contributed by atoms with Crippen LogP contribution in [0.3, 0.4) is 0 Å². The third kappa shape index (κ3) is 2.52. The smallest absolute Gasteiger partial charge is 0.416 e. The van der Waals surface area contributed by atoms with Crippen LogP contribution < -0.4 is 0 Å². The molecular formula is C9H6F3NO4. The molecule has 0 radical (unpaired) electrons. The molecule has 0 aromatic heterocycles. The fraction of sp³-hybridized carbons (Fsp3) is 0.222. The average Bonchev–Trinajstić information content (AvgIpc) is 2.15. The number of nitro benzene ring substituents is 1. The highest BCUT2D eigenvalue weighted by Gasteiger charge is 2.36. The lowest BCUT2D eigenvalue weighted by atomic mass is 10.0. The van der Waals surface area contributed by atoms with Crippen molar-refractivity contribution in [3.05, 3.63) is 38.9 Å². The van der Waals surface area contributed by atoms with E-state index in [2.05, 4.69) is 0 Å². The third-order valence-corrected chi connectivity index (χ3v) is 2.13. The van der Waals surface area contributed by atoms with E-state index in [0.29, 0.717) is 12.1 Å². The normalized spacial score (nSPS) is 11.3. The topological polar surface area (TPSA) is 80.4 Å². The molecule has 0 amide bonds. The number of alkyl halides is 3. The Morgan fingerprint density at radius 2 is 1.94 bits per heavy atom. The Morgan fingerprint density at radius 3 is 2.29 bits per heavy atom. The highest BCUT2D eigenvalue weighted by Crippen LogP contribution is 2.36. The van der Waals surface area contributed by atoms with Gasteiger partial charge in [-0.05, 0) is 13.0 Å². The van der Waals surface area contributed by atoms with Crippen molar-refractivity contribution in [2.24, 2.45) is 0 Å². The van der Waals surface area contributed by atoms with Gasteiger partial charge in [-0.25, -0.2) is 4.79 Å². The van der Waals surface area contributed by atoms with Gasteiger partial charge >= 0.3 is 12.1 Å². The number of aromatic carboxylic acids is 1. The van der Waals surface area contributed by atoms with Gasteiger partial charge in [0.2, 0.25) is 0 Å². The van der Waals surface area contributed by atoms with Crippen LogP contribution in [0.4, 0.5) is 18.9 Å². The lowest BCUT2D eigenvalue weighted by Gasteiger charge is -2.11. The largest absolute Gasteiger partial charge is 0.478 e. The van der Waals surface area contributed by atoms with Crippen LogP contribution in [0.2, 0.25) is 0 Å². The predicted molar refractivity (Wildman–Crippen MR) is 49.8 cm³/mol. The fourth-order valence-corrected chi connectivity index (χ4v) is 1.31. The average molecular weight is 249 g/mol. The summed E-state index contributed by atoms with van der Waals surface area (Å²) >= 11 is 0. The molecule has 1 N–H and O–H groups in total. The first-order valence-electron chi connectivity index (χ1n) is 4.24. The zero-order valence-corrected chi connectivity index (χ0v) is 8.41. The summed E-state index contributed by atoms with van der Waals surface area (Å²) in [6.07, 6.45) is -4.83. The number of carboxylic acid groups (broad SMARTS) is 1. The molecule has 0 saturated heterocycles. The highest BCUT2D eigenvalue weighted by atomic mass is 19.4. The molecule has 0 heterocycles. The Balaban J connectivity index is 3.60. The van der Waals surface area contributed by atoms with E-state index < -0.39 is 39.4 Å². The van der Waals surface area contributed by atoms with Crippen LogP contribution in [0, 0.1) is 17.0 Å². The maximum absolute atomic E-state index is 12.5. The molecule has 0 aliphatic heterocycles. The van der Waals surface area contributed by atoms with E-state index in [-0.39, 0.29) is 0 Å². The first-order chi connectivity index (χ1) is 7.64. The Bertz CT molecular complexity index is 496. The maximum Gasteiger partial charge on any atom is 0.416 e. The van der Waals surface area contributed by atoms with Gasteiger partial charge in [-0.15, -0.1) is 0 Å². The first-order valence-corrected chi connectivity index (χ1v) is 4.24. The molecule has 0 unspecified atom stereocenters. The SMILES string of the molecule is Cc1c([N+](=O)[O-])cc(C(=O)O)cc1C(F)(F)F. The number of hydrogen-bond donors (Lipinski definition) is 1. The van der Waals surface area contributed by atoms with Crippen LogP contribution in [-0.4, -0.2) is 16.0 Å². The number of halogens is 3.